The van der Waals surface area contributed by atoms with E-state index in [1.54, 1.807) is 11.3 Å². The van der Waals surface area contributed by atoms with E-state index >= 15 is 0 Å². The largest absolute Gasteiger partial charge is 0.455 e. The summed E-state index contributed by atoms with van der Waals surface area (Å²) in [5.41, 5.74) is 0.848. The second kappa shape index (κ2) is 8.10. The highest BCUT2D eigenvalue weighted by atomic mass is 79.9. The van der Waals surface area contributed by atoms with E-state index in [0.29, 0.717) is 0 Å². The van der Waals surface area contributed by atoms with E-state index in [2.05, 4.69) is 21.2 Å². The second-order valence-corrected chi connectivity index (χ2v) is 6.66. The van der Waals surface area contributed by atoms with Crippen molar-refractivity contribution in [2.75, 3.05) is 6.61 Å². The van der Waals surface area contributed by atoms with Crippen molar-refractivity contribution >= 4 is 39.1 Å². The van der Waals surface area contributed by atoms with Gasteiger partial charge in [-0.1, -0.05) is 34.1 Å². The van der Waals surface area contributed by atoms with Gasteiger partial charge in [0.2, 0.25) is 0 Å². The topological polar surface area (TPSA) is 55.4 Å². The van der Waals surface area contributed by atoms with Crippen LogP contribution in [-0.4, -0.2) is 18.5 Å². The van der Waals surface area contributed by atoms with Crippen molar-refractivity contribution in [3.63, 3.8) is 0 Å². The molecule has 0 radical (unpaired) electrons. The van der Waals surface area contributed by atoms with Crippen LogP contribution in [0.15, 0.2) is 46.3 Å². The van der Waals surface area contributed by atoms with Crippen molar-refractivity contribution in [3.8, 4) is 0 Å². The van der Waals surface area contributed by atoms with Crippen LogP contribution < -0.4 is 5.32 Å². The highest BCUT2D eigenvalue weighted by Gasteiger charge is 2.12. The van der Waals surface area contributed by atoms with Crippen molar-refractivity contribution in [1.82, 2.24) is 5.32 Å². The summed E-state index contributed by atoms with van der Waals surface area (Å²) in [5, 5.41) is 4.75. The number of hydrogen-bond donors (Lipinski definition) is 1. The summed E-state index contributed by atoms with van der Waals surface area (Å²) in [6.45, 7) is 1.64. The highest BCUT2D eigenvalue weighted by Crippen LogP contribution is 2.17. The predicted molar refractivity (Wildman–Crippen MR) is 89.7 cm³/mol. The number of thiophene rings is 1. The van der Waals surface area contributed by atoms with Gasteiger partial charge in [-0.25, -0.2) is 0 Å². The van der Waals surface area contributed by atoms with Crippen LogP contribution in [0.1, 0.15) is 23.4 Å². The smallest absolute Gasteiger partial charge is 0.310 e. The molecule has 1 amide bonds. The number of halogens is 1. The molecule has 1 heterocycles. The van der Waals surface area contributed by atoms with Gasteiger partial charge in [-0.2, -0.15) is 0 Å². The Morgan fingerprint density at radius 1 is 1.27 bits per heavy atom. The monoisotopic (exact) mass is 381 g/mol. The Morgan fingerprint density at radius 3 is 2.64 bits per heavy atom. The fraction of sp³-hybridized carbons (Fsp3) is 0.250. The SMILES string of the molecule is C[C@@H](NC(=O)COC(=O)Cc1ccc(Br)cc1)c1cccs1. The predicted octanol–water partition coefficient (Wildman–Crippen LogP) is 3.47. The number of ether oxygens (including phenoxy) is 1. The molecular formula is C16H16BrNO3S. The molecule has 0 spiro atoms. The van der Waals surface area contributed by atoms with Crippen LogP contribution in [0.25, 0.3) is 0 Å². The van der Waals surface area contributed by atoms with E-state index in [9.17, 15) is 9.59 Å². The fourth-order valence-electron chi connectivity index (χ4n) is 1.86. The molecular weight excluding hydrogens is 366 g/mol. The first-order valence-electron chi connectivity index (χ1n) is 6.77. The maximum absolute atomic E-state index is 11.8. The summed E-state index contributed by atoms with van der Waals surface area (Å²) in [7, 11) is 0. The Balaban J connectivity index is 1.73. The number of carbonyl (C=O) groups is 2. The van der Waals surface area contributed by atoms with Crippen LogP contribution in [0.4, 0.5) is 0 Å². The summed E-state index contributed by atoms with van der Waals surface area (Å²) in [5.74, 6) is -0.716. The molecule has 0 aliphatic heterocycles. The van der Waals surface area contributed by atoms with Crippen molar-refractivity contribution in [2.45, 2.75) is 19.4 Å². The minimum absolute atomic E-state index is 0.0855. The van der Waals surface area contributed by atoms with Crippen molar-refractivity contribution < 1.29 is 14.3 Å². The molecule has 4 nitrogen and oxygen atoms in total. The molecule has 6 heteroatoms. The van der Waals surface area contributed by atoms with Crippen molar-refractivity contribution in [3.05, 3.63) is 56.7 Å². The zero-order valence-electron chi connectivity index (χ0n) is 12.0. The third-order valence-electron chi connectivity index (χ3n) is 2.97. The molecule has 22 heavy (non-hydrogen) atoms. The lowest BCUT2D eigenvalue weighted by atomic mass is 10.2. The van der Waals surface area contributed by atoms with Gasteiger partial charge in [-0.3, -0.25) is 9.59 Å². The van der Waals surface area contributed by atoms with Crippen LogP contribution in [-0.2, 0) is 20.7 Å². The molecule has 116 valence electrons. The van der Waals surface area contributed by atoms with Gasteiger partial charge in [-0.05, 0) is 36.1 Å². The summed E-state index contributed by atoms with van der Waals surface area (Å²) < 4.78 is 5.95. The number of carbonyl (C=O) groups excluding carboxylic acids is 2. The lowest BCUT2D eigenvalue weighted by Gasteiger charge is -2.12. The zero-order chi connectivity index (χ0) is 15.9. The maximum Gasteiger partial charge on any atom is 0.310 e. The summed E-state index contributed by atoms with van der Waals surface area (Å²) >= 11 is 4.91. The highest BCUT2D eigenvalue weighted by molar-refractivity contribution is 9.10. The molecule has 1 aromatic carbocycles. The van der Waals surface area contributed by atoms with E-state index in [-0.39, 0.29) is 25.0 Å². The molecule has 1 N–H and O–H groups in total. The average Bonchev–Trinajstić information content (AvgIpc) is 3.02. The van der Waals surface area contributed by atoms with Gasteiger partial charge in [-0.15, -0.1) is 11.3 Å². The first-order chi connectivity index (χ1) is 10.5. The Labute approximate surface area is 141 Å². The first-order valence-corrected chi connectivity index (χ1v) is 8.44. The number of hydrogen-bond acceptors (Lipinski definition) is 4. The van der Waals surface area contributed by atoms with Crippen LogP contribution in [0, 0.1) is 0 Å². The Bertz CT molecular complexity index is 625. The average molecular weight is 382 g/mol. The van der Waals surface area contributed by atoms with Crippen LogP contribution in [0.2, 0.25) is 0 Å². The van der Waals surface area contributed by atoms with E-state index < -0.39 is 5.97 Å². The van der Waals surface area contributed by atoms with E-state index in [1.165, 1.54) is 0 Å². The Kier molecular flexibility index (Phi) is 6.15. The van der Waals surface area contributed by atoms with Crippen LogP contribution >= 0.6 is 27.3 Å². The number of rotatable bonds is 6. The standard InChI is InChI=1S/C16H16BrNO3S/c1-11(14-3-2-8-22-14)18-15(19)10-21-16(20)9-12-4-6-13(17)7-5-12/h2-8,11H,9-10H2,1H3,(H,18,19)/t11-/m1/s1. The molecule has 0 aliphatic rings. The van der Waals surface area contributed by atoms with Crippen molar-refractivity contribution in [2.24, 2.45) is 0 Å². The number of esters is 1. The van der Waals surface area contributed by atoms with Gasteiger partial charge in [0.15, 0.2) is 6.61 Å². The Morgan fingerprint density at radius 2 is 2.00 bits per heavy atom. The first kappa shape index (κ1) is 16.7. The lowest BCUT2D eigenvalue weighted by molar-refractivity contribution is -0.148. The van der Waals surface area contributed by atoms with Gasteiger partial charge in [0, 0.05) is 9.35 Å². The molecule has 1 atom stereocenters. The number of amides is 1. The summed E-state index contributed by atoms with van der Waals surface area (Å²) in [6, 6.07) is 11.2. The molecule has 0 bridgehead atoms. The molecule has 0 saturated carbocycles. The lowest BCUT2D eigenvalue weighted by Crippen LogP contribution is -2.31. The zero-order valence-corrected chi connectivity index (χ0v) is 14.4. The normalized spacial score (nSPS) is 11.7. The van der Waals surface area contributed by atoms with Gasteiger partial charge in [0.25, 0.3) is 5.91 Å². The van der Waals surface area contributed by atoms with Gasteiger partial charge in [0.1, 0.15) is 0 Å². The third-order valence-corrected chi connectivity index (χ3v) is 4.56. The molecule has 2 rings (SSSR count). The van der Waals surface area contributed by atoms with Crippen LogP contribution in [0.3, 0.4) is 0 Å². The van der Waals surface area contributed by atoms with E-state index in [4.69, 9.17) is 4.74 Å². The minimum atomic E-state index is -0.416. The molecule has 0 saturated heterocycles. The van der Waals surface area contributed by atoms with Crippen LogP contribution in [0.5, 0.6) is 0 Å². The second-order valence-electron chi connectivity index (χ2n) is 4.77. The number of benzene rings is 1. The Hall–Kier alpha value is -1.66. The molecule has 0 fully saturated rings. The van der Waals surface area contributed by atoms with E-state index in [1.807, 2.05) is 48.7 Å². The quantitative estimate of drug-likeness (QED) is 0.779. The summed E-state index contributed by atoms with van der Waals surface area (Å²) in [6.07, 6.45) is 0.154. The molecule has 1 aromatic heterocycles. The van der Waals surface area contributed by atoms with Gasteiger partial charge >= 0.3 is 5.97 Å². The third kappa shape index (κ3) is 5.27. The molecule has 0 unspecified atom stereocenters. The minimum Gasteiger partial charge on any atom is -0.455 e. The number of nitrogens with one attached hydrogen (secondary N) is 1. The van der Waals surface area contributed by atoms with E-state index in [0.717, 1.165) is 14.9 Å². The van der Waals surface area contributed by atoms with Gasteiger partial charge < -0.3 is 10.1 Å². The summed E-state index contributed by atoms with van der Waals surface area (Å²) in [4.78, 5) is 24.5. The maximum atomic E-state index is 11.8. The fourth-order valence-corrected chi connectivity index (χ4v) is 2.86. The van der Waals surface area contributed by atoms with Gasteiger partial charge in [0.05, 0.1) is 12.5 Å². The van der Waals surface area contributed by atoms with Crippen molar-refractivity contribution in [1.29, 1.82) is 0 Å². The molecule has 0 aliphatic carbocycles. The molecule has 2 aromatic rings.